The maximum Gasteiger partial charge on any atom is 0.459 e. The Hall–Kier alpha value is -3.91. The maximum absolute atomic E-state index is 14.4. The molecule has 0 radical (unpaired) electrons. The third-order valence-corrected chi connectivity index (χ3v) is 9.80. The van der Waals surface area contributed by atoms with E-state index >= 15 is 0 Å². The van der Waals surface area contributed by atoms with Crippen LogP contribution in [0.15, 0.2) is 73.3 Å². The molecule has 14 nitrogen and oxygen atoms in total. The van der Waals surface area contributed by atoms with E-state index in [0.29, 0.717) is 17.0 Å². The molecule has 4 aromatic rings. The summed E-state index contributed by atoms with van der Waals surface area (Å²) in [7, 11) is -2.63. The number of nitrogens with one attached hydrogen (secondary N) is 1. The first kappa shape index (κ1) is 34.4. The molecule has 0 bridgehead atoms. The van der Waals surface area contributed by atoms with E-state index in [1.807, 2.05) is 44.2 Å². The Balaban J connectivity index is 1.37. The van der Waals surface area contributed by atoms with Crippen molar-refractivity contribution in [1.29, 1.82) is 0 Å². The molecule has 1 aliphatic heterocycles. The molecule has 15 heteroatoms. The van der Waals surface area contributed by atoms with Crippen LogP contribution in [0.3, 0.4) is 0 Å². The highest BCUT2D eigenvalue weighted by Gasteiger charge is 2.46. The van der Waals surface area contributed by atoms with Gasteiger partial charge in [-0.2, -0.15) is 5.09 Å². The summed E-state index contributed by atoms with van der Waals surface area (Å²) >= 11 is 0. The van der Waals surface area contributed by atoms with E-state index in [9.17, 15) is 19.6 Å². The number of hydrogen-bond donors (Lipinski definition) is 4. The van der Waals surface area contributed by atoms with E-state index in [2.05, 4.69) is 15.1 Å². The summed E-state index contributed by atoms with van der Waals surface area (Å²) in [4.78, 5) is 22.1. The molecule has 3 heterocycles. The van der Waals surface area contributed by atoms with Crippen LogP contribution < -0.4 is 19.9 Å². The van der Waals surface area contributed by atoms with Crippen LogP contribution in [0.5, 0.6) is 5.75 Å². The van der Waals surface area contributed by atoms with Gasteiger partial charge in [0.1, 0.15) is 36.4 Å². The van der Waals surface area contributed by atoms with Crippen LogP contribution in [0, 0.1) is 5.92 Å². The average Bonchev–Trinajstić information content (AvgIpc) is 3.63. The quantitative estimate of drug-likeness (QED) is 0.0826. The van der Waals surface area contributed by atoms with E-state index in [4.69, 9.17) is 24.3 Å². The molecular weight excluding hydrogens is 627 g/mol. The van der Waals surface area contributed by atoms with Crippen molar-refractivity contribution in [2.75, 3.05) is 18.9 Å². The number of hydrogen-bond acceptors (Lipinski definition) is 11. The third kappa shape index (κ3) is 8.15. The molecule has 1 fully saturated rings. The van der Waals surface area contributed by atoms with Crippen LogP contribution in [-0.2, 0) is 36.8 Å². The van der Waals surface area contributed by atoms with E-state index in [1.165, 1.54) is 17.2 Å². The molecule has 5 rings (SSSR count). The Morgan fingerprint density at radius 3 is 2.45 bits per heavy atom. The Bertz CT molecular complexity index is 1670. The monoisotopic (exact) mass is 669 g/mol. The Kier molecular flexibility index (Phi) is 11.2. The summed E-state index contributed by atoms with van der Waals surface area (Å²) in [5.41, 5.74) is 7.66. The fraction of sp³-hybridized carbons (Fsp3) is 0.438. The number of carbonyl (C=O) groups is 1. The van der Waals surface area contributed by atoms with Gasteiger partial charge in [-0.15, -0.1) is 0 Å². The first-order valence-corrected chi connectivity index (χ1v) is 17.1. The molecule has 252 valence electrons. The van der Waals surface area contributed by atoms with Gasteiger partial charge < -0.3 is 29.9 Å². The number of anilines is 1. The molecule has 5 N–H and O–H groups in total. The summed E-state index contributed by atoms with van der Waals surface area (Å²) in [5.74, 6) is 0.151. The normalized spacial score (nSPS) is 21.5. The number of nitrogens with two attached hydrogens (primary N) is 1. The number of aromatic nitrogens is 4. The summed E-state index contributed by atoms with van der Waals surface area (Å²) in [6, 6.07) is 16.5. The van der Waals surface area contributed by atoms with Crippen LogP contribution in [0.1, 0.15) is 38.5 Å². The minimum Gasteiger partial charge on any atom is -0.464 e. The molecule has 0 aliphatic carbocycles. The number of aliphatic hydroxyl groups is 2. The summed E-state index contributed by atoms with van der Waals surface area (Å²) in [5, 5.41) is 24.7. The molecule has 3 unspecified atom stereocenters. The van der Waals surface area contributed by atoms with Gasteiger partial charge in [-0.25, -0.2) is 14.1 Å². The zero-order valence-electron chi connectivity index (χ0n) is 26.6. The van der Waals surface area contributed by atoms with Gasteiger partial charge >= 0.3 is 13.7 Å². The first-order valence-electron chi connectivity index (χ1n) is 15.6. The van der Waals surface area contributed by atoms with Crippen molar-refractivity contribution in [2.24, 2.45) is 13.0 Å². The van der Waals surface area contributed by atoms with E-state index in [-0.39, 0.29) is 24.7 Å². The van der Waals surface area contributed by atoms with Crippen LogP contribution in [0.2, 0.25) is 0 Å². The third-order valence-electron chi connectivity index (χ3n) is 8.23. The van der Waals surface area contributed by atoms with Crippen LogP contribution in [0.25, 0.3) is 11.2 Å². The predicted octanol–water partition coefficient (Wildman–Crippen LogP) is 2.84. The first-order chi connectivity index (χ1) is 22.6. The number of benzene rings is 2. The molecule has 1 saturated heterocycles. The highest BCUT2D eigenvalue weighted by molar-refractivity contribution is 7.52. The largest absolute Gasteiger partial charge is 0.464 e. The summed E-state index contributed by atoms with van der Waals surface area (Å²) in [6.45, 7) is 3.80. The lowest BCUT2D eigenvalue weighted by Gasteiger charge is -2.26. The Labute approximate surface area is 273 Å². The van der Waals surface area contributed by atoms with Gasteiger partial charge in [0, 0.05) is 0 Å². The second-order valence-electron chi connectivity index (χ2n) is 11.5. The molecule has 47 heavy (non-hydrogen) atoms. The number of para-hydroxylation sites is 1. The van der Waals surface area contributed by atoms with Gasteiger partial charge in [-0.05, 0) is 30.0 Å². The molecule has 2 aromatic carbocycles. The van der Waals surface area contributed by atoms with Crippen molar-refractivity contribution in [2.45, 2.75) is 63.7 Å². The predicted molar refractivity (Wildman–Crippen MR) is 172 cm³/mol. The average molecular weight is 670 g/mol. The summed E-state index contributed by atoms with van der Waals surface area (Å²) in [6.07, 6.45) is -0.373. The Morgan fingerprint density at radius 2 is 1.77 bits per heavy atom. The van der Waals surface area contributed by atoms with Gasteiger partial charge in [0.2, 0.25) is 12.0 Å². The SMILES string of the molecule is CCC(CC)COC(=O)C(Cc1ccccc1)NP(=O)(OC[C@H]1O[C@@H](n2cnc3c(N)[n+](C)cnc32)C(O)[C@H]1O)Oc1ccccc1. The molecule has 6 atom stereocenters. The van der Waals surface area contributed by atoms with E-state index in [1.54, 1.807) is 41.9 Å². The second kappa shape index (κ2) is 15.3. The second-order valence-corrected chi connectivity index (χ2v) is 13.2. The maximum atomic E-state index is 14.4. The van der Waals surface area contributed by atoms with Crippen LogP contribution >= 0.6 is 7.75 Å². The number of aliphatic hydroxyl groups excluding tert-OH is 2. The zero-order valence-corrected chi connectivity index (χ0v) is 27.5. The standard InChI is InChI=1S/C32H41N6O8P/c1-4-21(5-2)17-43-32(41)24(16-22-12-8-6-9-13-22)36-47(42,46-23-14-10-7-11-15-23)44-18-25-27(39)28(40)31(45-25)38-20-34-26-29(33)37(3)19-35-30(26)38/h6-15,19-21,24-25,27-28,31,33,39-40H,4-5,16-18H2,1-3H3,(H,36,42)/p+1/t24?,25-,27+,28?,31-,47?/m1/s1. The number of carbonyl (C=O) groups excluding carboxylic acids is 1. The van der Waals surface area contributed by atoms with Gasteiger partial charge in [-0.3, -0.25) is 13.9 Å². The highest BCUT2D eigenvalue weighted by Crippen LogP contribution is 2.46. The van der Waals surface area contributed by atoms with Gasteiger partial charge in [0.25, 0.3) is 5.82 Å². The van der Waals surface area contributed by atoms with Crippen LogP contribution in [-0.4, -0.2) is 68.3 Å². The number of nitrogens with zero attached hydrogens (tertiary/aromatic N) is 4. The minimum absolute atomic E-state index is 0.138. The Morgan fingerprint density at radius 1 is 1.09 bits per heavy atom. The van der Waals surface area contributed by atoms with Crippen molar-refractivity contribution >= 4 is 30.7 Å². The lowest BCUT2D eigenvalue weighted by atomic mass is 10.0. The summed E-state index contributed by atoms with van der Waals surface area (Å²) < 4.78 is 40.9. The fourth-order valence-electron chi connectivity index (χ4n) is 5.25. The number of fused-ring (bicyclic) bond motifs is 1. The van der Waals surface area contributed by atoms with E-state index < -0.39 is 50.9 Å². The van der Waals surface area contributed by atoms with Crippen LogP contribution in [0.4, 0.5) is 5.82 Å². The van der Waals surface area contributed by atoms with Crippen molar-refractivity contribution in [3.8, 4) is 5.75 Å². The van der Waals surface area contributed by atoms with Crippen molar-refractivity contribution < 1.29 is 42.7 Å². The van der Waals surface area contributed by atoms with Gasteiger partial charge in [-0.1, -0.05) is 80.2 Å². The molecule has 2 aromatic heterocycles. The topological polar surface area (TPSA) is 184 Å². The molecule has 1 aliphatic rings. The van der Waals surface area contributed by atoms with E-state index in [0.717, 1.165) is 18.4 Å². The number of ether oxygens (including phenoxy) is 2. The minimum atomic E-state index is -4.35. The molecular formula is C32H42N6O8P+. The van der Waals surface area contributed by atoms with Crippen molar-refractivity contribution in [3.05, 3.63) is 78.9 Å². The number of aryl methyl sites for hydroxylation is 1. The molecule has 0 saturated carbocycles. The smallest absolute Gasteiger partial charge is 0.459 e. The van der Waals surface area contributed by atoms with Crippen molar-refractivity contribution in [3.63, 3.8) is 0 Å². The highest BCUT2D eigenvalue weighted by atomic mass is 31.2. The number of imidazole rings is 1. The fourth-order valence-corrected chi connectivity index (χ4v) is 6.75. The molecule has 0 spiro atoms. The number of nitrogen functional groups attached to an aromatic ring is 1. The molecule has 0 amide bonds. The lowest BCUT2D eigenvalue weighted by Crippen LogP contribution is -2.41. The lowest BCUT2D eigenvalue weighted by molar-refractivity contribution is -0.658. The number of esters is 1. The van der Waals surface area contributed by atoms with Gasteiger partial charge in [0.05, 0.1) is 20.3 Å². The zero-order chi connectivity index (χ0) is 33.6. The van der Waals surface area contributed by atoms with Gasteiger partial charge in [0.15, 0.2) is 11.7 Å². The number of rotatable bonds is 15. The van der Waals surface area contributed by atoms with Crippen molar-refractivity contribution in [1.82, 2.24) is 19.6 Å².